The number of esters is 1. The first-order chi connectivity index (χ1) is 6.08. The fourth-order valence-electron chi connectivity index (χ4n) is 1.33. The van der Waals surface area contributed by atoms with Gasteiger partial charge in [0, 0.05) is 6.04 Å². The Balaban J connectivity index is 2.15. The molecular formula is C10H19NO2. The van der Waals surface area contributed by atoms with E-state index in [0.717, 1.165) is 0 Å². The predicted molar refractivity (Wildman–Crippen MR) is 51.4 cm³/mol. The SMILES string of the molecule is CCOC(=O)CNC(C)C1(C)CC1. The highest BCUT2D eigenvalue weighted by atomic mass is 16.5. The van der Waals surface area contributed by atoms with Crippen molar-refractivity contribution in [2.24, 2.45) is 5.41 Å². The van der Waals surface area contributed by atoms with Crippen molar-refractivity contribution in [1.29, 1.82) is 0 Å². The van der Waals surface area contributed by atoms with Crippen LogP contribution in [0.15, 0.2) is 0 Å². The molecule has 0 bridgehead atoms. The third-order valence-electron chi connectivity index (χ3n) is 2.94. The Hall–Kier alpha value is -0.570. The van der Waals surface area contributed by atoms with E-state index in [1.54, 1.807) is 0 Å². The molecule has 0 radical (unpaired) electrons. The molecule has 1 N–H and O–H groups in total. The Morgan fingerprint density at radius 1 is 1.62 bits per heavy atom. The lowest BCUT2D eigenvalue weighted by Crippen LogP contribution is -2.37. The van der Waals surface area contributed by atoms with Crippen LogP contribution >= 0.6 is 0 Å². The van der Waals surface area contributed by atoms with E-state index >= 15 is 0 Å². The van der Waals surface area contributed by atoms with Crippen LogP contribution in [0, 0.1) is 5.41 Å². The van der Waals surface area contributed by atoms with E-state index in [0.29, 0.717) is 24.6 Å². The second kappa shape index (κ2) is 4.09. The summed E-state index contributed by atoms with van der Waals surface area (Å²) in [6.45, 7) is 7.00. The van der Waals surface area contributed by atoms with Crippen LogP contribution in [0.3, 0.4) is 0 Å². The molecule has 0 aromatic rings. The van der Waals surface area contributed by atoms with Crippen molar-refractivity contribution in [3.05, 3.63) is 0 Å². The molecule has 1 aliphatic rings. The summed E-state index contributed by atoms with van der Waals surface area (Å²) in [5.74, 6) is -0.154. The molecule has 1 aliphatic carbocycles. The summed E-state index contributed by atoms with van der Waals surface area (Å²) in [7, 11) is 0. The number of ether oxygens (including phenoxy) is 1. The maximum absolute atomic E-state index is 11.0. The highest BCUT2D eigenvalue weighted by Gasteiger charge is 2.42. The second-order valence-electron chi connectivity index (χ2n) is 4.06. The van der Waals surface area contributed by atoms with Crippen molar-refractivity contribution in [2.45, 2.75) is 39.7 Å². The van der Waals surface area contributed by atoms with Gasteiger partial charge in [-0.25, -0.2) is 0 Å². The molecule has 1 unspecified atom stereocenters. The minimum absolute atomic E-state index is 0.154. The third-order valence-corrected chi connectivity index (χ3v) is 2.94. The third kappa shape index (κ3) is 2.99. The first-order valence-corrected chi connectivity index (χ1v) is 4.97. The smallest absolute Gasteiger partial charge is 0.319 e. The average Bonchev–Trinajstić information content (AvgIpc) is 2.81. The number of hydrogen-bond donors (Lipinski definition) is 1. The Kier molecular flexibility index (Phi) is 3.31. The van der Waals surface area contributed by atoms with E-state index in [1.807, 2.05) is 6.92 Å². The first-order valence-electron chi connectivity index (χ1n) is 4.97. The Bertz CT molecular complexity index is 187. The maximum atomic E-state index is 11.0. The summed E-state index contributed by atoms with van der Waals surface area (Å²) in [5, 5.41) is 3.20. The summed E-state index contributed by atoms with van der Waals surface area (Å²) >= 11 is 0. The zero-order chi connectivity index (χ0) is 9.90. The van der Waals surface area contributed by atoms with Gasteiger partial charge in [-0.2, -0.15) is 0 Å². The first kappa shape index (κ1) is 10.5. The standard InChI is InChI=1S/C10H19NO2/c1-4-13-9(12)7-11-8(2)10(3)5-6-10/h8,11H,4-7H2,1-3H3. The maximum Gasteiger partial charge on any atom is 0.319 e. The molecule has 3 heteroatoms. The molecule has 1 rings (SSSR count). The van der Waals surface area contributed by atoms with Gasteiger partial charge in [-0.3, -0.25) is 4.79 Å². The number of carbonyl (C=O) groups is 1. The Morgan fingerprint density at radius 3 is 2.69 bits per heavy atom. The Morgan fingerprint density at radius 2 is 2.23 bits per heavy atom. The van der Waals surface area contributed by atoms with E-state index in [9.17, 15) is 4.79 Å². The van der Waals surface area contributed by atoms with E-state index < -0.39 is 0 Å². The van der Waals surface area contributed by atoms with Gasteiger partial charge in [-0.15, -0.1) is 0 Å². The number of hydrogen-bond acceptors (Lipinski definition) is 3. The van der Waals surface area contributed by atoms with E-state index in [4.69, 9.17) is 4.74 Å². The summed E-state index contributed by atoms with van der Waals surface area (Å²) in [5.41, 5.74) is 0.423. The van der Waals surface area contributed by atoms with Gasteiger partial charge < -0.3 is 10.1 Å². The lowest BCUT2D eigenvalue weighted by molar-refractivity contribution is -0.142. The van der Waals surface area contributed by atoms with Gasteiger partial charge in [-0.1, -0.05) is 6.92 Å². The summed E-state index contributed by atoms with van der Waals surface area (Å²) in [6.07, 6.45) is 2.54. The van der Waals surface area contributed by atoms with Crippen molar-refractivity contribution in [2.75, 3.05) is 13.2 Å². The summed E-state index contributed by atoms with van der Waals surface area (Å²) < 4.78 is 4.82. The zero-order valence-corrected chi connectivity index (χ0v) is 8.72. The monoisotopic (exact) mass is 185 g/mol. The Labute approximate surface area is 79.8 Å². The van der Waals surface area contributed by atoms with Crippen LogP contribution in [0.25, 0.3) is 0 Å². The molecule has 13 heavy (non-hydrogen) atoms. The van der Waals surface area contributed by atoms with Gasteiger partial charge in [0.15, 0.2) is 0 Å². The van der Waals surface area contributed by atoms with Crippen molar-refractivity contribution in [3.63, 3.8) is 0 Å². The van der Waals surface area contributed by atoms with Gasteiger partial charge in [-0.05, 0) is 32.1 Å². The van der Waals surface area contributed by atoms with Crippen LogP contribution in [-0.2, 0) is 9.53 Å². The van der Waals surface area contributed by atoms with Crippen molar-refractivity contribution in [1.82, 2.24) is 5.32 Å². The molecule has 1 fully saturated rings. The van der Waals surface area contributed by atoms with Crippen molar-refractivity contribution in [3.8, 4) is 0 Å². The second-order valence-corrected chi connectivity index (χ2v) is 4.06. The molecule has 76 valence electrons. The van der Waals surface area contributed by atoms with Gasteiger partial charge in [0.25, 0.3) is 0 Å². The zero-order valence-electron chi connectivity index (χ0n) is 8.72. The quantitative estimate of drug-likeness (QED) is 0.657. The molecule has 0 saturated heterocycles. The molecular weight excluding hydrogens is 166 g/mol. The largest absolute Gasteiger partial charge is 0.465 e. The number of carbonyl (C=O) groups excluding carboxylic acids is 1. The minimum Gasteiger partial charge on any atom is -0.465 e. The predicted octanol–water partition coefficient (Wildman–Crippen LogP) is 1.33. The molecule has 0 aromatic heterocycles. The van der Waals surface area contributed by atoms with Gasteiger partial charge in [0.1, 0.15) is 0 Å². The van der Waals surface area contributed by atoms with Crippen molar-refractivity contribution < 1.29 is 9.53 Å². The van der Waals surface area contributed by atoms with Gasteiger partial charge in [0.2, 0.25) is 0 Å². The summed E-state index contributed by atoms with van der Waals surface area (Å²) in [6, 6.07) is 0.414. The van der Waals surface area contributed by atoms with Crippen LogP contribution in [0.2, 0.25) is 0 Å². The lowest BCUT2D eigenvalue weighted by atomic mass is 10.0. The average molecular weight is 185 g/mol. The fraction of sp³-hybridized carbons (Fsp3) is 0.900. The minimum atomic E-state index is -0.154. The van der Waals surface area contributed by atoms with Gasteiger partial charge in [0.05, 0.1) is 13.2 Å². The highest BCUT2D eigenvalue weighted by molar-refractivity contribution is 5.71. The van der Waals surface area contributed by atoms with Crippen LogP contribution in [0.5, 0.6) is 0 Å². The molecule has 1 atom stereocenters. The van der Waals surface area contributed by atoms with Crippen LogP contribution in [0.4, 0.5) is 0 Å². The van der Waals surface area contributed by atoms with E-state index in [1.165, 1.54) is 12.8 Å². The van der Waals surface area contributed by atoms with Crippen LogP contribution < -0.4 is 5.32 Å². The molecule has 0 aliphatic heterocycles. The fourth-order valence-corrected chi connectivity index (χ4v) is 1.33. The molecule has 0 spiro atoms. The number of rotatable bonds is 5. The lowest BCUT2D eigenvalue weighted by Gasteiger charge is -2.19. The molecule has 3 nitrogen and oxygen atoms in total. The molecule has 0 aromatic carbocycles. The van der Waals surface area contributed by atoms with Crippen molar-refractivity contribution >= 4 is 5.97 Å². The molecule has 1 saturated carbocycles. The molecule has 0 amide bonds. The molecule has 0 heterocycles. The van der Waals surface area contributed by atoms with E-state index in [2.05, 4.69) is 19.2 Å². The van der Waals surface area contributed by atoms with E-state index in [-0.39, 0.29) is 5.97 Å². The highest BCUT2D eigenvalue weighted by Crippen LogP contribution is 2.47. The van der Waals surface area contributed by atoms with Crippen LogP contribution in [-0.4, -0.2) is 25.2 Å². The van der Waals surface area contributed by atoms with Crippen LogP contribution in [0.1, 0.15) is 33.6 Å². The normalized spacial score (nSPS) is 20.8. The summed E-state index contributed by atoms with van der Waals surface area (Å²) in [4.78, 5) is 11.0. The topological polar surface area (TPSA) is 38.3 Å². The van der Waals surface area contributed by atoms with Gasteiger partial charge >= 0.3 is 5.97 Å². The number of nitrogens with one attached hydrogen (secondary N) is 1.